The lowest BCUT2D eigenvalue weighted by molar-refractivity contribution is 0.967. The van der Waals surface area contributed by atoms with Gasteiger partial charge in [0.1, 0.15) is 26.9 Å². The predicted octanol–water partition coefficient (Wildman–Crippen LogP) is 3.18. The van der Waals surface area contributed by atoms with Crippen LogP contribution in [0.3, 0.4) is 0 Å². The molecule has 24 heavy (non-hydrogen) atoms. The summed E-state index contributed by atoms with van der Waals surface area (Å²) >= 11 is 1.36. The monoisotopic (exact) mass is 333 g/mol. The van der Waals surface area contributed by atoms with Crippen LogP contribution in [0.4, 0.5) is 0 Å². The van der Waals surface area contributed by atoms with E-state index in [0.29, 0.717) is 10.2 Å². The summed E-state index contributed by atoms with van der Waals surface area (Å²) in [5.41, 5.74) is 4.17. The van der Waals surface area contributed by atoms with Crippen LogP contribution in [0.15, 0.2) is 47.9 Å². The smallest absolute Gasteiger partial charge is 0.275 e. The molecule has 0 amide bonds. The molecule has 0 fully saturated rings. The summed E-state index contributed by atoms with van der Waals surface area (Å²) in [6.45, 7) is 2.02. The van der Waals surface area contributed by atoms with Crippen LogP contribution in [0.1, 0.15) is 5.56 Å². The third kappa shape index (κ3) is 1.75. The highest BCUT2D eigenvalue weighted by molar-refractivity contribution is 7.25. The van der Waals surface area contributed by atoms with Gasteiger partial charge in [-0.2, -0.15) is 0 Å². The Balaban J connectivity index is 1.88. The molecule has 0 saturated heterocycles. The molecule has 4 aromatic heterocycles. The molecular weight excluding hydrogens is 322 g/mol. The predicted molar refractivity (Wildman–Crippen MR) is 94.9 cm³/mol. The van der Waals surface area contributed by atoms with Crippen LogP contribution < -0.4 is 5.56 Å². The lowest BCUT2D eigenvalue weighted by Crippen LogP contribution is -2.17. The van der Waals surface area contributed by atoms with Crippen molar-refractivity contribution in [2.75, 3.05) is 0 Å². The number of H-pyrrole nitrogens is 1. The highest BCUT2D eigenvalue weighted by Gasteiger charge is 2.16. The second-order valence-electron chi connectivity index (χ2n) is 5.64. The maximum atomic E-state index is 12.9. The van der Waals surface area contributed by atoms with Gasteiger partial charge in [0.2, 0.25) is 0 Å². The van der Waals surface area contributed by atoms with Crippen LogP contribution in [-0.4, -0.2) is 24.5 Å². The van der Waals surface area contributed by atoms with Crippen molar-refractivity contribution in [3.05, 3.63) is 59.0 Å². The number of benzene rings is 1. The molecule has 0 bridgehead atoms. The van der Waals surface area contributed by atoms with Gasteiger partial charge >= 0.3 is 0 Å². The van der Waals surface area contributed by atoms with Crippen molar-refractivity contribution < 1.29 is 0 Å². The van der Waals surface area contributed by atoms with E-state index < -0.39 is 0 Å². The van der Waals surface area contributed by atoms with E-state index in [9.17, 15) is 4.79 Å². The quantitative estimate of drug-likeness (QED) is 0.511. The molecule has 0 atom stereocenters. The fraction of sp³-hybridized carbons (Fsp3) is 0.0588. The Morgan fingerprint density at radius 1 is 1.12 bits per heavy atom. The van der Waals surface area contributed by atoms with E-state index in [-0.39, 0.29) is 5.56 Å². The second kappa shape index (κ2) is 4.72. The summed E-state index contributed by atoms with van der Waals surface area (Å²) in [5.74, 6) is 0. The molecule has 0 spiro atoms. The number of thiophene rings is 1. The van der Waals surface area contributed by atoms with Crippen molar-refractivity contribution in [1.82, 2.24) is 24.5 Å². The number of fused-ring (bicyclic) bond motifs is 5. The molecule has 0 saturated carbocycles. The summed E-state index contributed by atoms with van der Waals surface area (Å²) in [6.07, 6.45) is 4.92. The van der Waals surface area contributed by atoms with Crippen LogP contribution in [0, 0.1) is 6.92 Å². The van der Waals surface area contributed by atoms with Gasteiger partial charge < -0.3 is 4.98 Å². The number of hydrogen-bond donors (Lipinski definition) is 1. The van der Waals surface area contributed by atoms with Crippen LogP contribution in [-0.2, 0) is 0 Å². The van der Waals surface area contributed by atoms with E-state index in [1.54, 1.807) is 23.4 Å². The fourth-order valence-corrected chi connectivity index (χ4v) is 3.92. The Morgan fingerprint density at radius 3 is 2.79 bits per heavy atom. The average molecular weight is 333 g/mol. The number of aromatic nitrogens is 5. The largest absolute Gasteiger partial charge is 0.344 e. The van der Waals surface area contributed by atoms with Gasteiger partial charge in [-0.15, -0.1) is 11.3 Å². The standard InChI is InChI=1S/C17H11N5OS/c1-9-2-4-10(5-3-9)22-8-21-14-12-13-11(19-7-20-13)6-18-16(12)24-15(14)17(22)23/h2-8H,1H3,(H,19,20). The Kier molecular flexibility index (Phi) is 2.63. The SMILES string of the molecule is Cc1ccc(-n2cnc3c(sc4ncc5nc[nH]c5c43)c2=O)cc1. The Labute approximate surface area is 139 Å². The highest BCUT2D eigenvalue weighted by atomic mass is 32.1. The van der Waals surface area contributed by atoms with Crippen LogP contribution in [0.5, 0.6) is 0 Å². The fourth-order valence-electron chi connectivity index (χ4n) is 2.88. The molecule has 7 heteroatoms. The van der Waals surface area contributed by atoms with Gasteiger partial charge in [-0.1, -0.05) is 17.7 Å². The van der Waals surface area contributed by atoms with Crippen molar-refractivity contribution in [3.63, 3.8) is 0 Å². The first kappa shape index (κ1) is 13.4. The summed E-state index contributed by atoms with van der Waals surface area (Å²) in [6, 6.07) is 7.80. The molecule has 0 aliphatic rings. The molecule has 116 valence electrons. The van der Waals surface area contributed by atoms with Gasteiger partial charge in [0.15, 0.2) is 0 Å². The first-order valence-electron chi connectivity index (χ1n) is 7.41. The minimum absolute atomic E-state index is 0.0838. The first-order chi connectivity index (χ1) is 11.7. The highest BCUT2D eigenvalue weighted by Crippen LogP contribution is 2.33. The molecule has 0 aliphatic heterocycles. The summed E-state index contributed by atoms with van der Waals surface area (Å²) in [5, 5.41) is 0.859. The van der Waals surface area contributed by atoms with E-state index in [4.69, 9.17) is 0 Å². The molecule has 1 N–H and O–H groups in total. The number of nitrogens with zero attached hydrogens (tertiary/aromatic N) is 4. The lowest BCUT2D eigenvalue weighted by Gasteiger charge is -2.05. The van der Waals surface area contributed by atoms with Crippen molar-refractivity contribution in [2.24, 2.45) is 0 Å². The number of nitrogens with one attached hydrogen (secondary N) is 1. The summed E-state index contributed by atoms with van der Waals surface area (Å²) < 4.78 is 2.17. The zero-order valence-corrected chi connectivity index (χ0v) is 13.5. The van der Waals surface area contributed by atoms with E-state index in [0.717, 1.165) is 32.5 Å². The van der Waals surface area contributed by atoms with Crippen molar-refractivity contribution in [3.8, 4) is 5.69 Å². The number of aryl methyl sites for hydroxylation is 1. The Hall–Kier alpha value is -3.06. The van der Waals surface area contributed by atoms with Gasteiger partial charge in [-0.3, -0.25) is 9.36 Å². The Morgan fingerprint density at radius 2 is 1.96 bits per heavy atom. The molecular formula is C17H11N5OS. The topological polar surface area (TPSA) is 76.5 Å². The third-order valence-corrected chi connectivity index (χ3v) is 5.19. The van der Waals surface area contributed by atoms with E-state index in [1.807, 2.05) is 31.2 Å². The first-order valence-corrected chi connectivity index (χ1v) is 8.23. The van der Waals surface area contributed by atoms with Gasteiger partial charge in [0, 0.05) is 0 Å². The molecule has 4 heterocycles. The van der Waals surface area contributed by atoms with Crippen LogP contribution in [0.2, 0.25) is 0 Å². The maximum Gasteiger partial charge on any atom is 0.275 e. The molecule has 5 aromatic rings. The normalized spacial score (nSPS) is 11.7. The van der Waals surface area contributed by atoms with Gasteiger partial charge in [0.25, 0.3) is 5.56 Å². The average Bonchev–Trinajstić information content (AvgIpc) is 3.20. The number of hydrogen-bond acceptors (Lipinski definition) is 5. The van der Waals surface area contributed by atoms with Crippen LogP contribution in [0.25, 0.3) is 37.2 Å². The minimum atomic E-state index is -0.0838. The summed E-state index contributed by atoms with van der Waals surface area (Å²) in [7, 11) is 0. The number of rotatable bonds is 1. The number of imidazole rings is 1. The minimum Gasteiger partial charge on any atom is -0.344 e. The molecule has 5 rings (SSSR count). The molecule has 6 nitrogen and oxygen atoms in total. The number of pyridine rings is 1. The van der Waals surface area contributed by atoms with Crippen molar-refractivity contribution >= 4 is 42.8 Å². The van der Waals surface area contributed by atoms with Gasteiger partial charge in [0.05, 0.1) is 29.1 Å². The zero-order valence-electron chi connectivity index (χ0n) is 12.6. The third-order valence-electron chi connectivity index (χ3n) is 4.11. The van der Waals surface area contributed by atoms with Gasteiger partial charge in [-0.05, 0) is 19.1 Å². The van der Waals surface area contributed by atoms with Crippen LogP contribution >= 0.6 is 11.3 Å². The van der Waals surface area contributed by atoms with Crippen molar-refractivity contribution in [2.45, 2.75) is 6.92 Å². The lowest BCUT2D eigenvalue weighted by atomic mass is 10.2. The van der Waals surface area contributed by atoms with E-state index >= 15 is 0 Å². The maximum absolute atomic E-state index is 12.9. The van der Waals surface area contributed by atoms with Crippen molar-refractivity contribution in [1.29, 1.82) is 0 Å². The van der Waals surface area contributed by atoms with E-state index in [1.165, 1.54) is 11.3 Å². The number of aromatic amines is 1. The molecule has 0 aliphatic carbocycles. The van der Waals surface area contributed by atoms with E-state index in [2.05, 4.69) is 19.9 Å². The molecule has 0 unspecified atom stereocenters. The Bertz CT molecular complexity index is 1280. The van der Waals surface area contributed by atoms with Gasteiger partial charge in [-0.25, -0.2) is 15.0 Å². The zero-order chi connectivity index (χ0) is 16.3. The molecule has 1 aromatic carbocycles. The molecule has 0 radical (unpaired) electrons. The second-order valence-corrected chi connectivity index (χ2v) is 6.64. The summed E-state index contributed by atoms with van der Waals surface area (Å²) in [4.78, 5) is 30.0.